The summed E-state index contributed by atoms with van der Waals surface area (Å²) in [4.78, 5) is 21.8. The van der Waals surface area contributed by atoms with E-state index in [0.29, 0.717) is 51.2 Å². The van der Waals surface area contributed by atoms with Gasteiger partial charge in [-0.15, -0.1) is 0 Å². The highest BCUT2D eigenvalue weighted by Gasteiger charge is 2.14. The van der Waals surface area contributed by atoms with Gasteiger partial charge in [0.1, 0.15) is 17.4 Å². The summed E-state index contributed by atoms with van der Waals surface area (Å²) >= 11 is 0. The molecule has 0 aliphatic rings. The number of carbonyl (C=O) groups excluding carboxylic acids is 1. The van der Waals surface area contributed by atoms with Crippen LogP contribution in [0.2, 0.25) is 0 Å². The van der Waals surface area contributed by atoms with Crippen molar-refractivity contribution in [2.75, 3.05) is 24.9 Å². The maximum Gasteiger partial charge on any atom is 0.189 e. The lowest BCUT2D eigenvalue weighted by Gasteiger charge is -2.15. The Bertz CT molecular complexity index is 1400. The van der Waals surface area contributed by atoms with Gasteiger partial charge < -0.3 is 30.3 Å². The number of rotatable bonds is 10. The van der Waals surface area contributed by atoms with Crippen LogP contribution in [0.5, 0.6) is 17.2 Å². The van der Waals surface area contributed by atoms with Crippen molar-refractivity contribution < 1.29 is 24.5 Å². The number of aliphatic hydroxyl groups excluding tert-OH is 1. The van der Waals surface area contributed by atoms with Gasteiger partial charge in [0.25, 0.3) is 0 Å². The van der Waals surface area contributed by atoms with Gasteiger partial charge in [-0.05, 0) is 66.7 Å². The Labute approximate surface area is 214 Å². The van der Waals surface area contributed by atoms with Crippen molar-refractivity contribution in [3.05, 3.63) is 95.8 Å². The Kier molecular flexibility index (Phi) is 7.97. The summed E-state index contributed by atoms with van der Waals surface area (Å²) in [5.74, 6) is 1.72. The van der Waals surface area contributed by atoms with E-state index in [-0.39, 0.29) is 18.1 Å². The second kappa shape index (κ2) is 11.7. The zero-order valence-corrected chi connectivity index (χ0v) is 20.3. The molecule has 0 aliphatic carbocycles. The lowest BCUT2D eigenvalue weighted by Crippen LogP contribution is -2.03. The summed E-state index contributed by atoms with van der Waals surface area (Å²) in [6, 6.07) is 16.9. The summed E-state index contributed by atoms with van der Waals surface area (Å²) in [7, 11) is 3.03. The molecule has 188 valence electrons. The molecule has 0 atom stereocenters. The predicted octanol–water partition coefficient (Wildman–Crippen LogP) is 5.08. The lowest BCUT2D eigenvalue weighted by atomic mass is 10.1. The van der Waals surface area contributed by atoms with Crippen LogP contribution in [0.3, 0.4) is 0 Å². The van der Waals surface area contributed by atoms with E-state index in [1.807, 2.05) is 6.07 Å². The Balaban J connectivity index is 1.57. The van der Waals surface area contributed by atoms with Crippen LogP contribution in [0, 0.1) is 0 Å². The van der Waals surface area contributed by atoms with Crippen molar-refractivity contribution in [2.45, 2.75) is 6.61 Å². The zero-order chi connectivity index (χ0) is 26.2. The molecule has 2 heterocycles. The van der Waals surface area contributed by atoms with E-state index in [2.05, 4.69) is 20.6 Å². The number of aromatic hydroxyl groups is 1. The third kappa shape index (κ3) is 6.03. The molecule has 4 N–H and O–H groups in total. The van der Waals surface area contributed by atoms with Crippen LogP contribution in [0.25, 0.3) is 6.08 Å². The number of hydrogen-bond acceptors (Lipinski definition) is 9. The first-order chi connectivity index (χ1) is 18.0. The number of allylic oxidation sites excluding steroid dienone is 1. The third-order valence-corrected chi connectivity index (χ3v) is 5.45. The van der Waals surface area contributed by atoms with Gasteiger partial charge in [-0.3, -0.25) is 4.79 Å². The number of phenolic OH excluding ortho intramolecular Hbond substituents is 1. The molecule has 37 heavy (non-hydrogen) atoms. The molecule has 4 rings (SSSR count). The molecular weight excluding hydrogens is 472 g/mol. The van der Waals surface area contributed by atoms with Crippen molar-refractivity contribution in [1.29, 1.82) is 0 Å². The van der Waals surface area contributed by atoms with Crippen molar-refractivity contribution in [2.24, 2.45) is 0 Å². The number of phenols is 1. The van der Waals surface area contributed by atoms with Crippen molar-refractivity contribution in [3.8, 4) is 17.2 Å². The molecule has 0 amide bonds. The summed E-state index contributed by atoms with van der Waals surface area (Å²) in [5.41, 5.74) is 2.93. The number of nitrogens with zero attached hydrogens (tertiary/aromatic N) is 2. The highest BCUT2D eigenvalue weighted by atomic mass is 16.5. The molecular formula is C28H26N4O5. The summed E-state index contributed by atoms with van der Waals surface area (Å²) in [6.45, 7) is -0.232. The first kappa shape index (κ1) is 25.2. The van der Waals surface area contributed by atoms with Gasteiger partial charge in [-0.1, -0.05) is 0 Å². The number of nitrogens with one attached hydrogen (secondary N) is 2. The normalized spacial score (nSPS) is 10.8. The molecule has 0 fully saturated rings. The lowest BCUT2D eigenvalue weighted by molar-refractivity contribution is 0.104. The van der Waals surface area contributed by atoms with Gasteiger partial charge in [0, 0.05) is 41.0 Å². The quantitative estimate of drug-likeness (QED) is 0.135. The number of aliphatic hydroxyl groups is 1. The van der Waals surface area contributed by atoms with Crippen molar-refractivity contribution >= 4 is 34.9 Å². The van der Waals surface area contributed by atoms with E-state index < -0.39 is 0 Å². The molecule has 0 saturated heterocycles. The molecule has 4 aromatic rings. The fourth-order valence-electron chi connectivity index (χ4n) is 3.67. The van der Waals surface area contributed by atoms with Crippen LogP contribution in [-0.4, -0.2) is 40.2 Å². The Morgan fingerprint density at radius 2 is 1.62 bits per heavy atom. The number of benzene rings is 2. The topological polar surface area (TPSA) is 126 Å². The molecule has 0 spiro atoms. The number of anilines is 4. The summed E-state index contributed by atoms with van der Waals surface area (Å²) < 4.78 is 10.7. The van der Waals surface area contributed by atoms with Crippen LogP contribution >= 0.6 is 0 Å². The number of ketones is 1. The maximum absolute atomic E-state index is 13.1. The van der Waals surface area contributed by atoms with Gasteiger partial charge >= 0.3 is 0 Å². The van der Waals surface area contributed by atoms with Gasteiger partial charge in [0.05, 0.1) is 26.4 Å². The smallest absolute Gasteiger partial charge is 0.189 e. The fraction of sp³-hybridized carbons (Fsp3) is 0.107. The van der Waals surface area contributed by atoms with E-state index in [1.165, 1.54) is 20.3 Å². The maximum atomic E-state index is 13.1. The molecule has 2 aromatic heterocycles. The minimum absolute atomic E-state index is 0.146. The highest BCUT2D eigenvalue weighted by Crippen LogP contribution is 2.36. The van der Waals surface area contributed by atoms with Gasteiger partial charge in [0.15, 0.2) is 17.3 Å². The van der Waals surface area contributed by atoms with E-state index in [9.17, 15) is 15.0 Å². The van der Waals surface area contributed by atoms with E-state index in [1.54, 1.807) is 73.1 Å². The first-order valence-electron chi connectivity index (χ1n) is 11.3. The Hall–Kier alpha value is -4.89. The zero-order valence-electron chi connectivity index (χ0n) is 20.3. The first-order valence-corrected chi connectivity index (χ1v) is 11.3. The van der Waals surface area contributed by atoms with Crippen LogP contribution < -0.4 is 20.1 Å². The van der Waals surface area contributed by atoms with Crippen molar-refractivity contribution in [3.63, 3.8) is 0 Å². The third-order valence-electron chi connectivity index (χ3n) is 5.45. The molecule has 0 radical (unpaired) electrons. The van der Waals surface area contributed by atoms with Gasteiger partial charge in [0.2, 0.25) is 0 Å². The second-order valence-electron chi connectivity index (χ2n) is 7.86. The number of ether oxygens (including phenoxy) is 2. The van der Waals surface area contributed by atoms with Crippen LogP contribution in [-0.2, 0) is 6.61 Å². The number of carbonyl (C=O) groups is 1. The monoisotopic (exact) mass is 498 g/mol. The summed E-state index contributed by atoms with van der Waals surface area (Å²) in [6.07, 6.45) is 6.35. The molecule has 0 saturated carbocycles. The number of hydrogen-bond donors (Lipinski definition) is 4. The van der Waals surface area contributed by atoms with E-state index in [0.717, 1.165) is 0 Å². The SMILES string of the molecule is COc1cc(Nc2ncccc2C=CC(=O)c2cccnc2Nc2ccc(O)cc2)cc(CO)c1OC. The Morgan fingerprint density at radius 3 is 2.32 bits per heavy atom. The molecule has 0 bridgehead atoms. The van der Waals surface area contributed by atoms with E-state index >= 15 is 0 Å². The molecule has 2 aromatic carbocycles. The van der Waals surface area contributed by atoms with Gasteiger partial charge in [-0.25, -0.2) is 9.97 Å². The minimum Gasteiger partial charge on any atom is -0.508 e. The van der Waals surface area contributed by atoms with Crippen molar-refractivity contribution in [1.82, 2.24) is 9.97 Å². The number of aromatic nitrogens is 2. The highest BCUT2D eigenvalue weighted by molar-refractivity contribution is 6.10. The molecule has 9 heteroatoms. The minimum atomic E-state index is -0.252. The van der Waals surface area contributed by atoms with Crippen LogP contribution in [0.4, 0.5) is 23.0 Å². The Morgan fingerprint density at radius 1 is 0.919 bits per heavy atom. The average Bonchev–Trinajstić information content (AvgIpc) is 2.93. The molecule has 0 aliphatic heterocycles. The van der Waals surface area contributed by atoms with Gasteiger partial charge in [-0.2, -0.15) is 0 Å². The predicted molar refractivity (Wildman–Crippen MR) is 142 cm³/mol. The fourth-order valence-corrected chi connectivity index (χ4v) is 3.67. The molecule has 0 unspecified atom stereocenters. The number of pyridine rings is 2. The van der Waals surface area contributed by atoms with E-state index in [4.69, 9.17) is 9.47 Å². The largest absolute Gasteiger partial charge is 0.508 e. The van der Waals surface area contributed by atoms with Crippen LogP contribution in [0.15, 0.2) is 79.1 Å². The summed E-state index contributed by atoms with van der Waals surface area (Å²) in [5, 5.41) is 25.6. The standard InChI is InChI=1S/C28H26N4O5/c1-36-25-16-21(15-19(17-33)26(25)37-2)32-27-18(5-3-13-29-27)7-12-24(35)23-6-4-14-30-28(23)31-20-8-10-22(34)11-9-20/h3-16,33-34H,17H2,1-2H3,(H,29,32)(H,30,31). The average molecular weight is 499 g/mol. The number of methoxy groups -OCH3 is 2. The molecule has 9 nitrogen and oxygen atoms in total. The van der Waals surface area contributed by atoms with Crippen LogP contribution in [0.1, 0.15) is 21.5 Å². The second-order valence-corrected chi connectivity index (χ2v) is 7.86.